The zero-order valence-electron chi connectivity index (χ0n) is 17.1. The lowest BCUT2D eigenvalue weighted by atomic mass is 10.2. The Labute approximate surface area is 184 Å². The van der Waals surface area contributed by atoms with Crippen LogP contribution in [0.1, 0.15) is 16.7 Å². The Morgan fingerprint density at radius 1 is 0.938 bits per heavy atom. The Kier molecular flexibility index (Phi) is 7.00. The summed E-state index contributed by atoms with van der Waals surface area (Å²) in [6.45, 7) is 1.18. The molecule has 3 aromatic rings. The van der Waals surface area contributed by atoms with Crippen LogP contribution in [0.3, 0.4) is 0 Å². The van der Waals surface area contributed by atoms with Crippen LogP contribution in [0.4, 0.5) is 18.9 Å². The monoisotopic (exact) mass is 462 g/mol. The zero-order valence-corrected chi connectivity index (χ0v) is 18.0. The number of rotatable bonds is 7. The molecule has 3 rings (SSSR count). The molecule has 3 aromatic carbocycles. The second-order valence-corrected chi connectivity index (χ2v) is 9.14. The second-order valence-electron chi connectivity index (χ2n) is 7.20. The average Bonchev–Trinajstić information content (AvgIpc) is 2.74. The molecule has 0 aliphatic rings. The summed E-state index contributed by atoms with van der Waals surface area (Å²) in [6.07, 6.45) is -4.56. The molecule has 0 heterocycles. The highest BCUT2D eigenvalue weighted by molar-refractivity contribution is 7.89. The van der Waals surface area contributed by atoms with Gasteiger partial charge in [-0.1, -0.05) is 54.1 Å². The molecule has 0 bridgehead atoms. The maximum Gasteiger partial charge on any atom is 0.416 e. The summed E-state index contributed by atoms with van der Waals surface area (Å²) in [5, 5.41) is 2.36. The summed E-state index contributed by atoms with van der Waals surface area (Å²) in [6, 6.07) is 19.1. The van der Waals surface area contributed by atoms with E-state index >= 15 is 0 Å². The van der Waals surface area contributed by atoms with E-state index in [4.69, 9.17) is 0 Å². The van der Waals surface area contributed by atoms with Gasteiger partial charge in [0.25, 0.3) is 0 Å². The first-order valence-electron chi connectivity index (χ1n) is 9.63. The van der Waals surface area contributed by atoms with Crippen molar-refractivity contribution < 1.29 is 26.4 Å². The SMILES string of the molecule is Cc1ccc(S(=O)(=O)N(CC(=O)Nc2cccc(C(F)(F)F)c2)Cc2ccccc2)cc1. The molecule has 1 N–H and O–H groups in total. The van der Waals surface area contributed by atoms with Gasteiger partial charge in [-0.15, -0.1) is 0 Å². The van der Waals surface area contributed by atoms with Crippen LogP contribution in [-0.2, 0) is 27.5 Å². The number of carbonyl (C=O) groups excluding carboxylic acids is 1. The number of alkyl halides is 3. The van der Waals surface area contributed by atoms with E-state index in [0.29, 0.717) is 5.56 Å². The van der Waals surface area contributed by atoms with Gasteiger partial charge in [0.05, 0.1) is 17.0 Å². The molecule has 32 heavy (non-hydrogen) atoms. The highest BCUT2D eigenvalue weighted by Crippen LogP contribution is 2.30. The van der Waals surface area contributed by atoms with Crippen molar-refractivity contribution in [2.45, 2.75) is 24.5 Å². The van der Waals surface area contributed by atoms with Gasteiger partial charge in [0.2, 0.25) is 15.9 Å². The van der Waals surface area contributed by atoms with Gasteiger partial charge >= 0.3 is 6.18 Å². The third-order valence-electron chi connectivity index (χ3n) is 4.65. The Bertz CT molecular complexity index is 1180. The molecule has 168 valence electrons. The summed E-state index contributed by atoms with van der Waals surface area (Å²) < 4.78 is 66.2. The number of sulfonamides is 1. The number of aryl methyl sites for hydroxylation is 1. The molecular weight excluding hydrogens is 441 g/mol. The van der Waals surface area contributed by atoms with Crippen molar-refractivity contribution in [2.75, 3.05) is 11.9 Å². The van der Waals surface area contributed by atoms with E-state index in [1.165, 1.54) is 24.3 Å². The molecule has 0 saturated heterocycles. The lowest BCUT2D eigenvalue weighted by Gasteiger charge is -2.22. The van der Waals surface area contributed by atoms with Gasteiger partial charge in [0.1, 0.15) is 0 Å². The number of hydrogen-bond donors (Lipinski definition) is 1. The van der Waals surface area contributed by atoms with Gasteiger partial charge < -0.3 is 5.32 Å². The predicted molar refractivity (Wildman–Crippen MR) is 115 cm³/mol. The number of halogens is 3. The van der Waals surface area contributed by atoms with Crippen LogP contribution >= 0.6 is 0 Å². The topological polar surface area (TPSA) is 66.5 Å². The van der Waals surface area contributed by atoms with Crippen LogP contribution in [0.25, 0.3) is 0 Å². The van der Waals surface area contributed by atoms with Crippen molar-refractivity contribution in [3.63, 3.8) is 0 Å². The maximum atomic E-state index is 13.2. The number of carbonyl (C=O) groups is 1. The van der Waals surface area contributed by atoms with Crippen LogP contribution < -0.4 is 5.32 Å². The third-order valence-corrected chi connectivity index (χ3v) is 6.46. The summed E-state index contributed by atoms with van der Waals surface area (Å²) in [5.41, 5.74) is 0.553. The first-order chi connectivity index (χ1) is 15.1. The Balaban J connectivity index is 1.85. The molecule has 0 saturated carbocycles. The number of hydrogen-bond acceptors (Lipinski definition) is 3. The average molecular weight is 462 g/mol. The van der Waals surface area contributed by atoms with Crippen molar-refractivity contribution in [1.29, 1.82) is 0 Å². The molecule has 0 unspecified atom stereocenters. The highest BCUT2D eigenvalue weighted by Gasteiger charge is 2.31. The quantitative estimate of drug-likeness (QED) is 0.546. The van der Waals surface area contributed by atoms with Crippen molar-refractivity contribution in [2.24, 2.45) is 0 Å². The molecule has 0 aliphatic heterocycles. The number of anilines is 1. The van der Waals surface area contributed by atoms with Gasteiger partial charge in [-0.3, -0.25) is 4.79 Å². The van der Waals surface area contributed by atoms with E-state index in [1.54, 1.807) is 42.5 Å². The van der Waals surface area contributed by atoms with Crippen LogP contribution in [0, 0.1) is 6.92 Å². The molecule has 0 radical (unpaired) electrons. The van der Waals surface area contributed by atoms with Crippen molar-refractivity contribution in [1.82, 2.24) is 4.31 Å². The van der Waals surface area contributed by atoms with Crippen molar-refractivity contribution in [3.05, 3.63) is 95.6 Å². The third kappa shape index (κ3) is 5.95. The molecule has 1 amide bonds. The first-order valence-corrected chi connectivity index (χ1v) is 11.1. The van der Waals surface area contributed by atoms with Gasteiger partial charge in [-0.2, -0.15) is 17.5 Å². The summed E-state index contributed by atoms with van der Waals surface area (Å²) >= 11 is 0. The van der Waals surface area contributed by atoms with Crippen LogP contribution in [0.2, 0.25) is 0 Å². The fourth-order valence-electron chi connectivity index (χ4n) is 3.01. The van der Waals surface area contributed by atoms with Gasteiger partial charge in [0, 0.05) is 12.2 Å². The standard InChI is InChI=1S/C23H21F3N2O3S/c1-17-10-12-21(13-11-17)32(30,31)28(15-18-6-3-2-4-7-18)16-22(29)27-20-9-5-8-19(14-20)23(24,25)26/h2-14H,15-16H2,1H3,(H,27,29). The van der Waals surface area contributed by atoms with Crippen molar-refractivity contribution in [3.8, 4) is 0 Å². The number of nitrogens with one attached hydrogen (secondary N) is 1. The number of benzene rings is 3. The second kappa shape index (κ2) is 9.54. The minimum Gasteiger partial charge on any atom is -0.325 e. The first kappa shape index (κ1) is 23.5. The Morgan fingerprint density at radius 2 is 1.59 bits per heavy atom. The lowest BCUT2D eigenvalue weighted by molar-refractivity contribution is -0.137. The molecule has 0 spiro atoms. The van der Waals surface area contributed by atoms with E-state index in [0.717, 1.165) is 22.0 Å². The molecule has 0 aromatic heterocycles. The molecular formula is C23H21F3N2O3S. The lowest BCUT2D eigenvalue weighted by Crippen LogP contribution is -2.37. The van der Waals surface area contributed by atoms with E-state index in [-0.39, 0.29) is 17.1 Å². The van der Waals surface area contributed by atoms with E-state index in [9.17, 15) is 26.4 Å². The summed E-state index contributed by atoms with van der Waals surface area (Å²) in [4.78, 5) is 12.6. The molecule has 0 aliphatic carbocycles. The van der Waals surface area contributed by atoms with Crippen molar-refractivity contribution >= 4 is 21.6 Å². The highest BCUT2D eigenvalue weighted by atomic mass is 32.2. The minimum atomic E-state index is -4.56. The number of amides is 1. The largest absolute Gasteiger partial charge is 0.416 e. The van der Waals surface area contributed by atoms with Gasteiger partial charge in [0.15, 0.2) is 0 Å². The predicted octanol–water partition coefficient (Wildman–Crippen LogP) is 4.84. The smallest absolute Gasteiger partial charge is 0.325 e. The van der Waals surface area contributed by atoms with Crippen LogP contribution in [0.5, 0.6) is 0 Å². The summed E-state index contributed by atoms with van der Waals surface area (Å²) in [7, 11) is -4.04. The zero-order chi connectivity index (χ0) is 23.4. The molecule has 0 fully saturated rings. The fourth-order valence-corrected chi connectivity index (χ4v) is 4.39. The van der Waals surface area contributed by atoms with E-state index < -0.39 is 34.2 Å². The molecule has 5 nitrogen and oxygen atoms in total. The molecule has 0 atom stereocenters. The van der Waals surface area contributed by atoms with E-state index in [2.05, 4.69) is 5.32 Å². The van der Waals surface area contributed by atoms with Crippen LogP contribution in [-0.4, -0.2) is 25.2 Å². The normalized spacial score (nSPS) is 12.0. The van der Waals surface area contributed by atoms with Gasteiger partial charge in [-0.25, -0.2) is 8.42 Å². The Hall–Kier alpha value is -3.17. The summed E-state index contributed by atoms with van der Waals surface area (Å²) in [5.74, 6) is -0.754. The van der Waals surface area contributed by atoms with E-state index in [1.807, 2.05) is 6.92 Å². The molecule has 9 heteroatoms. The Morgan fingerprint density at radius 3 is 2.22 bits per heavy atom. The van der Waals surface area contributed by atoms with Crippen LogP contribution in [0.15, 0.2) is 83.8 Å². The van der Waals surface area contributed by atoms with Gasteiger partial charge in [-0.05, 0) is 42.8 Å². The fraction of sp³-hybridized carbons (Fsp3) is 0.174. The maximum absolute atomic E-state index is 13.2. The minimum absolute atomic E-state index is 0.0194. The number of nitrogens with zero attached hydrogens (tertiary/aromatic N) is 1.